The van der Waals surface area contributed by atoms with Crippen LogP contribution in [0.25, 0.3) is 0 Å². The molecule has 4 atom stereocenters. The van der Waals surface area contributed by atoms with Crippen LogP contribution in [-0.2, 0) is 18.3 Å². The van der Waals surface area contributed by atoms with E-state index in [0.29, 0.717) is 0 Å². The predicted molar refractivity (Wildman–Crippen MR) is 83.0 cm³/mol. The molecule has 3 N–H and O–H groups in total. The molecule has 0 bridgehead atoms. The van der Waals surface area contributed by atoms with Gasteiger partial charge in [-0.1, -0.05) is 0 Å². The van der Waals surface area contributed by atoms with Crippen molar-refractivity contribution in [3.05, 3.63) is 33.1 Å². The van der Waals surface area contributed by atoms with Gasteiger partial charge in [-0.3, -0.25) is 18.9 Å². The minimum Gasteiger partial charge on any atom is -0.387 e. The fraction of sp³-hybridized carbons (Fsp3) is 0.692. The van der Waals surface area contributed by atoms with E-state index in [4.69, 9.17) is 13.8 Å². The van der Waals surface area contributed by atoms with E-state index in [1.165, 1.54) is 0 Å². The van der Waals surface area contributed by atoms with Gasteiger partial charge in [0.25, 0.3) is 5.56 Å². The molecule has 1 fully saturated rings. The molecule has 0 amide bonds. The summed E-state index contributed by atoms with van der Waals surface area (Å²) < 4.78 is 29.3. The molecule has 0 unspecified atom stereocenters. The smallest absolute Gasteiger partial charge is 0.333 e. The van der Waals surface area contributed by atoms with Gasteiger partial charge in [0.05, 0.1) is 19.4 Å². The van der Waals surface area contributed by atoms with Crippen LogP contribution in [0, 0.1) is 0 Å². The van der Waals surface area contributed by atoms with Gasteiger partial charge in [0.2, 0.25) is 0 Å². The van der Waals surface area contributed by atoms with Gasteiger partial charge in [0, 0.05) is 12.3 Å². The summed E-state index contributed by atoms with van der Waals surface area (Å²) in [5.74, 6) is 0. The highest BCUT2D eigenvalue weighted by Crippen LogP contribution is 2.50. The first-order chi connectivity index (χ1) is 11.3. The summed E-state index contributed by atoms with van der Waals surface area (Å²) in [5.41, 5.74) is -1.39. The number of aromatic nitrogens is 2. The second kappa shape index (κ2) is 7.73. The lowest BCUT2D eigenvalue weighted by molar-refractivity contribution is -0.0355. The zero-order valence-electron chi connectivity index (χ0n) is 13.3. The van der Waals surface area contributed by atoms with Crippen molar-refractivity contribution < 1.29 is 28.6 Å². The largest absolute Gasteiger partial charge is 0.387 e. The van der Waals surface area contributed by atoms with Gasteiger partial charge < -0.3 is 24.0 Å². The van der Waals surface area contributed by atoms with Crippen LogP contribution in [-0.4, -0.2) is 57.5 Å². The summed E-state index contributed by atoms with van der Waals surface area (Å²) in [6.07, 6.45) is -4.27. The van der Waals surface area contributed by atoms with Gasteiger partial charge in [0.1, 0.15) is 18.3 Å². The van der Waals surface area contributed by atoms with Crippen LogP contribution >= 0.6 is 7.60 Å². The quantitative estimate of drug-likeness (QED) is 0.546. The zero-order valence-corrected chi connectivity index (χ0v) is 14.2. The Labute approximate surface area is 137 Å². The molecule has 2 heterocycles. The maximum atomic E-state index is 12.5. The molecular formula is C13H21N2O8P. The van der Waals surface area contributed by atoms with E-state index in [0.717, 1.165) is 16.8 Å². The maximum Gasteiger partial charge on any atom is 0.333 e. The van der Waals surface area contributed by atoms with Crippen molar-refractivity contribution in [3.63, 3.8) is 0 Å². The molecule has 0 aromatic carbocycles. The van der Waals surface area contributed by atoms with Crippen LogP contribution < -0.4 is 11.2 Å². The minimum absolute atomic E-state index is 0.144. The standard InChI is InChI=1S/C13H21N2O8P/c1-3-21-24(20,22-4-2)7-8-10(17)11(18)12(23-8)15-6-5-9(16)14-13(15)19/h5-6,8,10-12,17-18H,3-4,7H2,1-2H3,(H,14,16,19)/t8-,10-,11-,12-/m1/s1. The SMILES string of the molecule is CCOP(=O)(C[C@H]1O[C@@H](n2ccc(=O)[nH]c2=O)[C@H](O)[C@@H]1O)OCC. The molecule has 0 spiro atoms. The summed E-state index contributed by atoms with van der Waals surface area (Å²) in [5, 5.41) is 20.3. The van der Waals surface area contributed by atoms with Crippen molar-refractivity contribution in [1.82, 2.24) is 9.55 Å². The average Bonchev–Trinajstić information content (AvgIpc) is 2.76. The van der Waals surface area contributed by atoms with Crippen molar-refractivity contribution in [1.29, 1.82) is 0 Å². The minimum atomic E-state index is -3.51. The summed E-state index contributed by atoms with van der Waals surface area (Å²) in [6.45, 7) is 3.58. The number of hydrogen-bond acceptors (Lipinski definition) is 8. The van der Waals surface area contributed by atoms with E-state index in [-0.39, 0.29) is 19.4 Å². The van der Waals surface area contributed by atoms with Crippen LogP contribution in [0.2, 0.25) is 0 Å². The van der Waals surface area contributed by atoms with E-state index < -0.39 is 43.4 Å². The molecule has 11 heteroatoms. The highest BCUT2D eigenvalue weighted by Gasteiger charge is 2.47. The summed E-state index contributed by atoms with van der Waals surface area (Å²) in [6, 6.07) is 1.09. The molecule has 0 aliphatic carbocycles. The Balaban J connectivity index is 2.22. The number of H-pyrrole nitrogens is 1. The first kappa shape index (κ1) is 19.0. The van der Waals surface area contributed by atoms with Gasteiger partial charge in [-0.25, -0.2) is 4.79 Å². The normalized spacial score (nSPS) is 27.5. The Kier molecular flexibility index (Phi) is 6.13. The Morgan fingerprint density at radius 3 is 2.42 bits per heavy atom. The molecule has 0 saturated carbocycles. The zero-order chi connectivity index (χ0) is 17.9. The molecule has 2 rings (SSSR count). The van der Waals surface area contributed by atoms with Gasteiger partial charge in [0.15, 0.2) is 6.23 Å². The number of aromatic amines is 1. The second-order valence-corrected chi connectivity index (χ2v) is 7.30. The lowest BCUT2D eigenvalue weighted by Crippen LogP contribution is -2.37. The summed E-state index contributed by atoms with van der Waals surface area (Å²) >= 11 is 0. The fourth-order valence-electron chi connectivity index (χ4n) is 2.49. The third-order valence-electron chi connectivity index (χ3n) is 3.52. The highest BCUT2D eigenvalue weighted by molar-refractivity contribution is 7.53. The number of ether oxygens (including phenoxy) is 1. The fourth-order valence-corrected chi connectivity index (χ4v) is 4.31. The molecule has 0 radical (unpaired) electrons. The van der Waals surface area contributed by atoms with Crippen LogP contribution in [0.5, 0.6) is 0 Å². The topological polar surface area (TPSA) is 140 Å². The van der Waals surface area contributed by atoms with Crippen molar-refractivity contribution in [2.45, 2.75) is 38.4 Å². The van der Waals surface area contributed by atoms with Gasteiger partial charge in [-0.2, -0.15) is 0 Å². The van der Waals surface area contributed by atoms with Gasteiger partial charge in [-0.05, 0) is 13.8 Å². The van der Waals surface area contributed by atoms with E-state index >= 15 is 0 Å². The molecule has 136 valence electrons. The second-order valence-electron chi connectivity index (χ2n) is 5.19. The first-order valence-electron chi connectivity index (χ1n) is 7.52. The molecule has 24 heavy (non-hydrogen) atoms. The number of nitrogens with zero attached hydrogens (tertiary/aromatic N) is 1. The monoisotopic (exact) mass is 364 g/mol. The average molecular weight is 364 g/mol. The van der Waals surface area contributed by atoms with Crippen molar-refractivity contribution in [2.24, 2.45) is 0 Å². The molecular weight excluding hydrogens is 343 g/mol. The van der Waals surface area contributed by atoms with E-state index in [2.05, 4.69) is 0 Å². The molecule has 1 saturated heterocycles. The Morgan fingerprint density at radius 2 is 1.88 bits per heavy atom. The molecule has 10 nitrogen and oxygen atoms in total. The number of aliphatic hydroxyl groups excluding tert-OH is 2. The number of hydrogen-bond donors (Lipinski definition) is 3. The van der Waals surface area contributed by atoms with Crippen LogP contribution in [0.4, 0.5) is 0 Å². The molecule has 1 aromatic heterocycles. The molecule has 1 aliphatic heterocycles. The number of nitrogens with one attached hydrogen (secondary N) is 1. The molecule has 1 aliphatic rings. The van der Waals surface area contributed by atoms with E-state index in [1.807, 2.05) is 4.98 Å². The van der Waals surface area contributed by atoms with Crippen molar-refractivity contribution in [2.75, 3.05) is 19.4 Å². The van der Waals surface area contributed by atoms with Crippen LogP contribution in [0.15, 0.2) is 21.9 Å². The summed E-state index contributed by atoms with van der Waals surface area (Å²) in [4.78, 5) is 24.9. The first-order valence-corrected chi connectivity index (χ1v) is 9.25. The number of rotatable bonds is 7. The van der Waals surface area contributed by atoms with Gasteiger partial charge >= 0.3 is 13.3 Å². The Morgan fingerprint density at radius 1 is 1.25 bits per heavy atom. The lowest BCUT2D eigenvalue weighted by atomic mass is 10.1. The Bertz CT molecular complexity index is 706. The van der Waals surface area contributed by atoms with E-state index in [1.54, 1.807) is 13.8 Å². The Hall–Kier alpha value is -1.29. The number of aliphatic hydroxyl groups is 2. The lowest BCUT2D eigenvalue weighted by Gasteiger charge is -2.21. The van der Waals surface area contributed by atoms with Crippen LogP contribution in [0.1, 0.15) is 20.1 Å². The third kappa shape index (κ3) is 4.02. The van der Waals surface area contributed by atoms with Crippen molar-refractivity contribution in [3.8, 4) is 0 Å². The van der Waals surface area contributed by atoms with E-state index in [9.17, 15) is 24.4 Å². The summed E-state index contributed by atoms with van der Waals surface area (Å²) in [7, 11) is -3.51. The predicted octanol–water partition coefficient (Wildman–Crippen LogP) is -0.578. The van der Waals surface area contributed by atoms with Gasteiger partial charge in [-0.15, -0.1) is 0 Å². The maximum absolute atomic E-state index is 12.5. The van der Waals surface area contributed by atoms with Crippen LogP contribution in [0.3, 0.4) is 0 Å². The van der Waals surface area contributed by atoms with Crippen molar-refractivity contribution >= 4 is 7.60 Å². The molecule has 1 aromatic rings. The highest BCUT2D eigenvalue weighted by atomic mass is 31.2. The third-order valence-corrected chi connectivity index (χ3v) is 5.63.